The van der Waals surface area contributed by atoms with Crippen LogP contribution in [0.3, 0.4) is 0 Å². The zero-order valence-electron chi connectivity index (χ0n) is 15.2. The topological polar surface area (TPSA) is 42.0 Å². The van der Waals surface area contributed by atoms with Gasteiger partial charge >= 0.3 is 6.18 Å². The third-order valence-corrected chi connectivity index (χ3v) is 6.36. The molecule has 2 aromatic rings. The number of pyridine rings is 1. The highest BCUT2D eigenvalue weighted by Crippen LogP contribution is 2.41. The summed E-state index contributed by atoms with van der Waals surface area (Å²) in [5.74, 6) is 0.0967. The lowest BCUT2D eigenvalue weighted by Gasteiger charge is -2.34. The van der Waals surface area contributed by atoms with E-state index in [2.05, 4.69) is 31.1 Å². The highest BCUT2D eigenvalue weighted by Gasteiger charge is 2.33. The van der Waals surface area contributed by atoms with Crippen molar-refractivity contribution in [3.8, 4) is 0 Å². The Hall–Kier alpha value is -1.60. The average Bonchev–Trinajstić information content (AvgIpc) is 2.98. The van der Waals surface area contributed by atoms with E-state index >= 15 is 0 Å². The maximum Gasteiger partial charge on any atom is 0.417 e. The number of rotatable bonds is 2. The summed E-state index contributed by atoms with van der Waals surface area (Å²) in [6, 6.07) is 0.765. The number of nitrogens with zero attached hydrogens (tertiary/aromatic N) is 1. The van der Waals surface area contributed by atoms with Gasteiger partial charge in [-0.2, -0.15) is 13.2 Å². The van der Waals surface area contributed by atoms with Crippen LogP contribution in [0.1, 0.15) is 53.6 Å². The minimum absolute atomic E-state index is 0.0713. The Labute approximate surface area is 165 Å². The van der Waals surface area contributed by atoms with Gasteiger partial charge in [0.1, 0.15) is 0 Å². The number of aromatic nitrogens is 1. The Balaban J connectivity index is 1.78. The molecule has 2 heterocycles. The summed E-state index contributed by atoms with van der Waals surface area (Å²) in [7, 11) is 0. The van der Waals surface area contributed by atoms with Gasteiger partial charge in [-0.15, -0.1) is 11.3 Å². The number of thiophene rings is 1. The second-order valence-electron chi connectivity index (χ2n) is 7.86. The molecule has 1 unspecified atom stereocenters. The molecular weight excluding hydrogens is 397 g/mol. The summed E-state index contributed by atoms with van der Waals surface area (Å²) in [5.41, 5.74) is 0.842. The minimum atomic E-state index is -4.53. The summed E-state index contributed by atoms with van der Waals surface area (Å²) < 4.78 is 38.1. The molecule has 2 aromatic heterocycles. The zero-order chi connectivity index (χ0) is 20.0. The van der Waals surface area contributed by atoms with E-state index in [-0.39, 0.29) is 16.3 Å². The van der Waals surface area contributed by atoms with Gasteiger partial charge in [0, 0.05) is 16.5 Å². The molecule has 1 aliphatic carbocycles. The molecule has 3 nitrogen and oxygen atoms in total. The summed E-state index contributed by atoms with van der Waals surface area (Å²) in [5, 5.41) is 4.11. The number of carbonyl (C=O) groups is 1. The van der Waals surface area contributed by atoms with Crippen LogP contribution in [-0.2, 0) is 19.0 Å². The highest BCUT2D eigenvalue weighted by atomic mass is 35.5. The largest absolute Gasteiger partial charge is 0.417 e. The summed E-state index contributed by atoms with van der Waals surface area (Å²) in [6.07, 6.45) is -1.10. The van der Waals surface area contributed by atoms with Gasteiger partial charge in [-0.05, 0) is 42.2 Å². The van der Waals surface area contributed by atoms with E-state index in [1.807, 2.05) is 5.38 Å². The third-order valence-electron chi connectivity index (χ3n) is 5.03. The molecule has 146 valence electrons. The van der Waals surface area contributed by atoms with Crippen LogP contribution in [-0.4, -0.2) is 10.9 Å². The van der Waals surface area contributed by atoms with Gasteiger partial charge in [0.05, 0.1) is 16.1 Å². The van der Waals surface area contributed by atoms with Gasteiger partial charge in [0.25, 0.3) is 5.91 Å². The van der Waals surface area contributed by atoms with Gasteiger partial charge in [-0.1, -0.05) is 32.4 Å². The quantitative estimate of drug-likeness (QED) is 0.631. The van der Waals surface area contributed by atoms with Crippen molar-refractivity contribution in [2.75, 3.05) is 5.32 Å². The number of halogens is 4. The number of nitrogens with one attached hydrogen (secondary N) is 1. The Morgan fingerprint density at radius 2 is 2.04 bits per heavy atom. The zero-order valence-corrected chi connectivity index (χ0v) is 16.8. The van der Waals surface area contributed by atoms with Gasteiger partial charge < -0.3 is 5.32 Å². The summed E-state index contributed by atoms with van der Waals surface area (Å²) >= 11 is 7.44. The van der Waals surface area contributed by atoms with Crippen LogP contribution in [0.25, 0.3) is 0 Å². The van der Waals surface area contributed by atoms with E-state index in [9.17, 15) is 18.0 Å². The Bertz CT molecular complexity index is 871. The van der Waals surface area contributed by atoms with E-state index in [1.165, 1.54) is 4.88 Å². The van der Waals surface area contributed by atoms with Crippen molar-refractivity contribution in [2.24, 2.45) is 11.3 Å². The van der Waals surface area contributed by atoms with Crippen LogP contribution in [0.2, 0.25) is 5.02 Å². The lowest BCUT2D eigenvalue weighted by Crippen LogP contribution is -2.27. The van der Waals surface area contributed by atoms with Gasteiger partial charge in [0.15, 0.2) is 5.82 Å². The number of hydrogen-bond acceptors (Lipinski definition) is 3. The van der Waals surface area contributed by atoms with Crippen LogP contribution in [0.5, 0.6) is 0 Å². The normalized spacial score (nSPS) is 17.5. The third kappa shape index (κ3) is 4.29. The molecule has 0 aromatic carbocycles. The molecule has 8 heteroatoms. The highest BCUT2D eigenvalue weighted by molar-refractivity contribution is 7.10. The predicted octanol–water partition coefficient (Wildman–Crippen LogP) is 6.22. The second-order valence-corrected chi connectivity index (χ2v) is 9.23. The fourth-order valence-corrected chi connectivity index (χ4v) is 4.68. The van der Waals surface area contributed by atoms with E-state index < -0.39 is 17.6 Å². The van der Waals surface area contributed by atoms with E-state index in [0.717, 1.165) is 30.9 Å². The maximum absolute atomic E-state index is 12.7. The number of anilines is 1. The molecule has 0 bridgehead atoms. The molecule has 0 saturated heterocycles. The number of amides is 1. The predicted molar refractivity (Wildman–Crippen MR) is 101 cm³/mol. The maximum atomic E-state index is 12.7. The Kier molecular flexibility index (Phi) is 5.29. The average molecular weight is 417 g/mol. The molecule has 0 fully saturated rings. The minimum Gasteiger partial charge on any atom is -0.305 e. The van der Waals surface area contributed by atoms with Crippen molar-refractivity contribution in [1.29, 1.82) is 0 Å². The first-order chi connectivity index (χ1) is 12.5. The van der Waals surface area contributed by atoms with Gasteiger partial charge in [-0.25, -0.2) is 4.98 Å². The molecule has 1 N–H and O–H groups in total. The Morgan fingerprint density at radius 3 is 2.63 bits per heavy atom. The van der Waals surface area contributed by atoms with Crippen LogP contribution in [0, 0.1) is 11.3 Å². The van der Waals surface area contributed by atoms with E-state index in [0.29, 0.717) is 17.7 Å². The van der Waals surface area contributed by atoms with E-state index in [4.69, 9.17) is 11.6 Å². The van der Waals surface area contributed by atoms with Crippen LogP contribution >= 0.6 is 22.9 Å². The standard InChI is InChI=1S/C19H20ClF3N2OS/c1-18(2,3)10-4-5-12-13(9-27-15(12)7-10)17(26)25-16-14(20)6-11(8-24-16)19(21,22)23/h6,8-10H,4-5,7H2,1-3H3,(H,24,25,26). The van der Waals surface area contributed by atoms with E-state index in [1.54, 1.807) is 11.3 Å². The fourth-order valence-electron chi connectivity index (χ4n) is 3.30. The van der Waals surface area contributed by atoms with Crippen molar-refractivity contribution in [3.63, 3.8) is 0 Å². The van der Waals surface area contributed by atoms with Gasteiger partial charge in [-0.3, -0.25) is 4.79 Å². The van der Waals surface area contributed by atoms with Crippen molar-refractivity contribution < 1.29 is 18.0 Å². The van der Waals surface area contributed by atoms with Crippen LogP contribution < -0.4 is 5.32 Å². The summed E-state index contributed by atoms with van der Waals surface area (Å²) in [4.78, 5) is 17.5. The van der Waals surface area contributed by atoms with Crippen LogP contribution in [0.15, 0.2) is 17.6 Å². The number of carbonyl (C=O) groups excluding carboxylic acids is 1. The molecule has 0 spiro atoms. The molecule has 0 saturated carbocycles. The molecule has 27 heavy (non-hydrogen) atoms. The smallest absolute Gasteiger partial charge is 0.305 e. The van der Waals surface area contributed by atoms with Gasteiger partial charge in [0.2, 0.25) is 0 Å². The summed E-state index contributed by atoms with van der Waals surface area (Å²) in [6.45, 7) is 6.67. The van der Waals surface area contributed by atoms with Crippen molar-refractivity contribution in [2.45, 2.75) is 46.2 Å². The van der Waals surface area contributed by atoms with Crippen molar-refractivity contribution >= 4 is 34.7 Å². The SMILES string of the molecule is CC(C)(C)C1CCc2c(C(=O)Nc3ncc(C(F)(F)F)cc3Cl)csc2C1. The number of hydrogen-bond donors (Lipinski definition) is 1. The van der Waals surface area contributed by atoms with Crippen LogP contribution in [0.4, 0.5) is 19.0 Å². The molecule has 1 atom stereocenters. The molecular formula is C19H20ClF3N2OS. The number of alkyl halides is 3. The molecule has 0 aliphatic heterocycles. The van der Waals surface area contributed by atoms with Crippen molar-refractivity contribution in [3.05, 3.63) is 44.2 Å². The lowest BCUT2D eigenvalue weighted by atomic mass is 9.72. The monoisotopic (exact) mass is 416 g/mol. The molecule has 0 radical (unpaired) electrons. The Morgan fingerprint density at radius 1 is 1.33 bits per heavy atom. The second kappa shape index (κ2) is 7.09. The first kappa shape index (κ1) is 20.1. The fraction of sp³-hybridized carbons (Fsp3) is 0.474. The molecule has 1 amide bonds. The first-order valence-corrected chi connectivity index (χ1v) is 9.86. The molecule has 3 rings (SSSR count). The first-order valence-electron chi connectivity index (χ1n) is 8.60. The molecule has 1 aliphatic rings. The van der Waals surface area contributed by atoms with Crippen molar-refractivity contribution in [1.82, 2.24) is 4.98 Å². The number of fused-ring (bicyclic) bond motifs is 1. The lowest BCUT2D eigenvalue weighted by molar-refractivity contribution is -0.137.